The first-order valence-corrected chi connectivity index (χ1v) is 10.2. The first-order valence-electron chi connectivity index (χ1n) is 10.2. The van der Waals surface area contributed by atoms with Crippen molar-refractivity contribution < 1.29 is 19.0 Å². The number of aromatic carboxylic acids is 1. The molecule has 8 nitrogen and oxygen atoms in total. The highest BCUT2D eigenvalue weighted by molar-refractivity contribution is 5.97. The molecule has 1 saturated heterocycles. The number of anilines is 1. The highest BCUT2D eigenvalue weighted by atomic mass is 19.1. The van der Waals surface area contributed by atoms with Gasteiger partial charge in [0.2, 0.25) is 5.43 Å². The lowest BCUT2D eigenvalue weighted by atomic mass is 10.0. The van der Waals surface area contributed by atoms with Gasteiger partial charge in [-0.25, -0.2) is 19.2 Å². The summed E-state index contributed by atoms with van der Waals surface area (Å²) in [6.07, 6.45) is 6.32. The monoisotopic (exact) mass is 424 g/mol. The van der Waals surface area contributed by atoms with E-state index in [1.54, 1.807) is 23.0 Å². The van der Waals surface area contributed by atoms with Gasteiger partial charge in [0.1, 0.15) is 23.7 Å². The van der Waals surface area contributed by atoms with Crippen molar-refractivity contribution in [3.63, 3.8) is 0 Å². The standard InChI is InChI=1S/C22H21FN4O4/c1-12-11-31-21-18-14(20(28)15(22(29)30)10-27(12)18)8-16(23)19(21)26-6-3-13(9-26)7-17-24-4-2-5-25-17/h2,4-5,8,10,12-13H,3,6-7,9,11H2,1H3,(H,29,30)/t12-,13-/m0/s1. The van der Waals surface area contributed by atoms with Crippen LogP contribution in [-0.2, 0) is 6.42 Å². The Hall–Kier alpha value is -3.49. The average Bonchev–Trinajstić information content (AvgIpc) is 3.20. The van der Waals surface area contributed by atoms with E-state index >= 15 is 4.39 Å². The maximum Gasteiger partial charge on any atom is 0.341 e. The highest BCUT2D eigenvalue weighted by Crippen LogP contribution is 2.43. The van der Waals surface area contributed by atoms with Gasteiger partial charge in [-0.2, -0.15) is 0 Å². The van der Waals surface area contributed by atoms with E-state index in [1.807, 2.05) is 11.8 Å². The molecular formula is C22H21FN4O4. The van der Waals surface area contributed by atoms with Crippen LogP contribution in [0.3, 0.4) is 0 Å². The minimum Gasteiger partial charge on any atom is -0.487 e. The molecule has 0 amide bonds. The molecule has 0 bridgehead atoms. The molecule has 0 spiro atoms. The van der Waals surface area contributed by atoms with Gasteiger partial charge in [-0.15, -0.1) is 0 Å². The quantitative estimate of drug-likeness (QED) is 0.688. The molecule has 1 N–H and O–H groups in total. The second-order valence-electron chi connectivity index (χ2n) is 8.15. The summed E-state index contributed by atoms with van der Waals surface area (Å²) in [5.74, 6) is -0.580. The Morgan fingerprint density at radius 1 is 1.35 bits per heavy atom. The topological polar surface area (TPSA) is 97.6 Å². The largest absolute Gasteiger partial charge is 0.487 e. The molecule has 160 valence electrons. The van der Waals surface area contributed by atoms with E-state index in [1.165, 1.54) is 6.20 Å². The van der Waals surface area contributed by atoms with Crippen molar-refractivity contribution >= 4 is 22.6 Å². The third-order valence-electron chi connectivity index (χ3n) is 6.06. The lowest BCUT2D eigenvalue weighted by Gasteiger charge is -2.31. The second-order valence-corrected chi connectivity index (χ2v) is 8.15. The van der Waals surface area contributed by atoms with Gasteiger partial charge in [-0.3, -0.25) is 4.79 Å². The van der Waals surface area contributed by atoms with Gasteiger partial charge in [0.05, 0.1) is 16.9 Å². The first-order chi connectivity index (χ1) is 14.9. The number of aromatic nitrogens is 3. The van der Waals surface area contributed by atoms with Crippen LogP contribution in [0, 0.1) is 11.7 Å². The van der Waals surface area contributed by atoms with Gasteiger partial charge in [0.15, 0.2) is 11.6 Å². The van der Waals surface area contributed by atoms with Crippen LogP contribution in [0.4, 0.5) is 10.1 Å². The fourth-order valence-electron chi connectivity index (χ4n) is 4.55. The Balaban J connectivity index is 1.58. The Morgan fingerprint density at radius 2 is 2.13 bits per heavy atom. The average molecular weight is 424 g/mol. The second kappa shape index (κ2) is 7.33. The zero-order chi connectivity index (χ0) is 21.7. The predicted octanol–water partition coefficient (Wildman–Crippen LogP) is 2.65. The van der Waals surface area contributed by atoms with Crippen molar-refractivity contribution in [1.82, 2.24) is 14.5 Å². The van der Waals surface area contributed by atoms with Crippen LogP contribution in [0.15, 0.2) is 35.5 Å². The molecule has 31 heavy (non-hydrogen) atoms. The number of carbonyl (C=O) groups is 1. The number of rotatable bonds is 4. The highest BCUT2D eigenvalue weighted by Gasteiger charge is 2.33. The fourth-order valence-corrected chi connectivity index (χ4v) is 4.55. The summed E-state index contributed by atoms with van der Waals surface area (Å²) < 4.78 is 22.9. The van der Waals surface area contributed by atoms with Gasteiger partial charge in [0.25, 0.3) is 0 Å². The minimum atomic E-state index is -1.33. The molecule has 2 aliphatic heterocycles. The lowest BCUT2D eigenvalue weighted by molar-refractivity contribution is 0.0694. The van der Waals surface area contributed by atoms with Crippen LogP contribution in [0.25, 0.3) is 10.9 Å². The van der Waals surface area contributed by atoms with Gasteiger partial charge < -0.3 is 19.3 Å². The Bertz CT molecular complexity index is 1240. The normalized spacial score (nSPS) is 20.1. The SMILES string of the molecule is C[C@H]1COc2c(N3CC[C@@H](Cc4ncccn4)C3)c(F)cc3c(=O)c(C(=O)O)cn1c23. The Labute approximate surface area is 176 Å². The number of carboxylic acid groups (broad SMARTS) is 1. The molecule has 2 aromatic heterocycles. The van der Waals surface area contributed by atoms with E-state index in [2.05, 4.69) is 9.97 Å². The number of ether oxygens (including phenoxy) is 1. The minimum absolute atomic E-state index is 0.0242. The number of hydrogen-bond donors (Lipinski definition) is 1. The molecule has 0 aliphatic carbocycles. The molecule has 5 rings (SSSR count). The fraction of sp³-hybridized carbons (Fsp3) is 0.364. The van der Waals surface area contributed by atoms with Crippen molar-refractivity contribution in [1.29, 1.82) is 0 Å². The third-order valence-corrected chi connectivity index (χ3v) is 6.06. The van der Waals surface area contributed by atoms with Gasteiger partial charge >= 0.3 is 5.97 Å². The summed E-state index contributed by atoms with van der Waals surface area (Å²) in [5, 5.41) is 9.43. The summed E-state index contributed by atoms with van der Waals surface area (Å²) in [4.78, 5) is 34.7. The lowest BCUT2D eigenvalue weighted by Crippen LogP contribution is -2.29. The maximum absolute atomic E-state index is 15.3. The van der Waals surface area contributed by atoms with E-state index in [9.17, 15) is 14.7 Å². The van der Waals surface area contributed by atoms with Crippen molar-refractivity contribution in [2.75, 3.05) is 24.6 Å². The molecule has 2 atom stereocenters. The number of hydrogen-bond acceptors (Lipinski definition) is 6. The summed E-state index contributed by atoms with van der Waals surface area (Å²) in [6.45, 7) is 3.39. The van der Waals surface area contributed by atoms with Crippen LogP contribution in [0.5, 0.6) is 5.75 Å². The summed E-state index contributed by atoms with van der Waals surface area (Å²) in [6, 6.07) is 2.73. The number of benzene rings is 1. The van der Waals surface area contributed by atoms with Crippen molar-refractivity contribution in [2.45, 2.75) is 25.8 Å². The Morgan fingerprint density at radius 3 is 2.87 bits per heavy atom. The molecule has 0 saturated carbocycles. The van der Waals surface area contributed by atoms with E-state index in [-0.39, 0.29) is 29.5 Å². The molecule has 1 fully saturated rings. The van der Waals surface area contributed by atoms with Crippen LogP contribution in [0.2, 0.25) is 0 Å². The zero-order valence-corrected chi connectivity index (χ0v) is 16.9. The van der Waals surface area contributed by atoms with Crippen molar-refractivity contribution in [2.24, 2.45) is 5.92 Å². The number of nitrogens with zero attached hydrogens (tertiary/aromatic N) is 4. The molecular weight excluding hydrogens is 403 g/mol. The number of halogens is 1. The third kappa shape index (κ3) is 3.20. The van der Waals surface area contributed by atoms with Gasteiger partial charge in [0, 0.05) is 38.1 Å². The summed E-state index contributed by atoms with van der Waals surface area (Å²) >= 11 is 0. The molecule has 3 aromatic rings. The molecule has 4 heterocycles. The Kier molecular flexibility index (Phi) is 4.60. The van der Waals surface area contributed by atoms with E-state index < -0.39 is 17.2 Å². The van der Waals surface area contributed by atoms with Crippen LogP contribution >= 0.6 is 0 Å². The molecule has 1 aromatic carbocycles. The predicted molar refractivity (Wildman–Crippen MR) is 111 cm³/mol. The molecule has 0 unspecified atom stereocenters. The van der Waals surface area contributed by atoms with Crippen LogP contribution in [-0.4, -0.2) is 45.3 Å². The molecule has 9 heteroatoms. The molecule has 0 radical (unpaired) electrons. The van der Waals surface area contributed by atoms with E-state index in [0.717, 1.165) is 18.3 Å². The summed E-state index contributed by atoms with van der Waals surface area (Å²) in [5.41, 5.74) is -0.306. The van der Waals surface area contributed by atoms with Crippen molar-refractivity contribution in [3.8, 4) is 5.75 Å². The number of pyridine rings is 1. The summed E-state index contributed by atoms with van der Waals surface area (Å²) in [7, 11) is 0. The van der Waals surface area contributed by atoms with E-state index in [0.29, 0.717) is 36.5 Å². The van der Waals surface area contributed by atoms with Crippen LogP contribution < -0.4 is 15.1 Å². The zero-order valence-electron chi connectivity index (χ0n) is 16.9. The van der Waals surface area contributed by atoms with E-state index in [4.69, 9.17) is 4.74 Å². The smallest absolute Gasteiger partial charge is 0.341 e. The van der Waals surface area contributed by atoms with Gasteiger partial charge in [-0.05, 0) is 31.4 Å². The first kappa shape index (κ1) is 19.5. The molecule has 2 aliphatic rings. The van der Waals surface area contributed by atoms with Gasteiger partial charge in [-0.1, -0.05) is 0 Å². The number of carboxylic acids is 1. The van der Waals surface area contributed by atoms with Crippen LogP contribution in [0.1, 0.15) is 35.6 Å². The van der Waals surface area contributed by atoms with Crippen molar-refractivity contribution in [3.05, 3.63) is 58.2 Å². The maximum atomic E-state index is 15.3.